The Morgan fingerprint density at radius 3 is 2.56 bits per heavy atom. The Labute approximate surface area is 210 Å². The summed E-state index contributed by atoms with van der Waals surface area (Å²) in [6.45, 7) is 1.41. The third kappa shape index (κ3) is 4.18. The van der Waals surface area contributed by atoms with Gasteiger partial charge in [0.2, 0.25) is 5.91 Å². The zero-order valence-electron chi connectivity index (χ0n) is 20.3. The molecule has 6 rings (SSSR count). The van der Waals surface area contributed by atoms with Crippen LogP contribution in [0.5, 0.6) is 0 Å². The number of likely N-dealkylation sites (tertiary alicyclic amines) is 1. The maximum Gasteiger partial charge on any atom is 0.254 e. The normalized spacial score (nSPS) is 25.1. The van der Waals surface area contributed by atoms with Crippen molar-refractivity contribution in [1.82, 2.24) is 19.8 Å². The number of rotatable bonds is 4. The van der Waals surface area contributed by atoms with Gasteiger partial charge in [-0.1, -0.05) is 36.4 Å². The summed E-state index contributed by atoms with van der Waals surface area (Å²) in [6.07, 6.45) is 5.13. The van der Waals surface area contributed by atoms with Crippen molar-refractivity contribution in [1.29, 1.82) is 0 Å². The lowest BCUT2D eigenvalue weighted by Gasteiger charge is -2.39. The van der Waals surface area contributed by atoms with Gasteiger partial charge in [0.25, 0.3) is 5.91 Å². The number of nitrogens with one attached hydrogen (secondary N) is 1. The molecule has 2 amide bonds. The van der Waals surface area contributed by atoms with Gasteiger partial charge in [0, 0.05) is 19.1 Å². The topological polar surface area (TPSA) is 96.7 Å². The first kappa shape index (κ1) is 23.2. The number of fused-ring (bicyclic) bond motifs is 3. The summed E-state index contributed by atoms with van der Waals surface area (Å²) in [4.78, 5) is 32.7. The highest BCUT2D eigenvalue weighted by Crippen LogP contribution is 2.49. The van der Waals surface area contributed by atoms with Gasteiger partial charge in [0.05, 0.1) is 29.1 Å². The molecule has 188 valence electrons. The number of para-hydroxylation sites is 2. The molecule has 3 heterocycles. The van der Waals surface area contributed by atoms with Crippen molar-refractivity contribution in [3.63, 3.8) is 0 Å². The lowest BCUT2D eigenvalue weighted by Crippen LogP contribution is -2.47. The Kier molecular flexibility index (Phi) is 6.01. The highest BCUT2D eigenvalue weighted by molar-refractivity contribution is 5.84. The molecule has 8 nitrogen and oxygen atoms in total. The van der Waals surface area contributed by atoms with Gasteiger partial charge in [-0.2, -0.15) is 0 Å². The molecule has 2 N–H and O–H groups in total. The van der Waals surface area contributed by atoms with Gasteiger partial charge in [-0.3, -0.25) is 9.59 Å². The van der Waals surface area contributed by atoms with E-state index in [2.05, 4.69) is 16.4 Å². The number of carbonyl (C=O) groups is 2. The predicted molar refractivity (Wildman–Crippen MR) is 134 cm³/mol. The monoisotopic (exact) mass is 488 g/mol. The standard InChI is InChI=1S/C28H32N4O4/c33-20-11-9-19(10-12-20)30-27(35)26-21-5-1-2-6-22(21)28(36-26)13-15-31(16-14-28)25(34)17-32-18-29-23-7-3-4-8-24(23)32/h1-8,18-20,26,33H,9-17H2,(H,30,35). The minimum atomic E-state index is -0.646. The second-order valence-electron chi connectivity index (χ2n) is 10.3. The smallest absolute Gasteiger partial charge is 0.254 e. The Morgan fingerprint density at radius 2 is 1.75 bits per heavy atom. The third-order valence-corrected chi connectivity index (χ3v) is 8.12. The van der Waals surface area contributed by atoms with E-state index in [1.54, 1.807) is 6.33 Å². The van der Waals surface area contributed by atoms with Gasteiger partial charge in [-0.15, -0.1) is 0 Å². The summed E-state index contributed by atoms with van der Waals surface area (Å²) in [5.74, 6) is -0.0423. The first-order chi connectivity index (χ1) is 17.5. The van der Waals surface area contributed by atoms with Gasteiger partial charge >= 0.3 is 0 Å². The van der Waals surface area contributed by atoms with Crippen LogP contribution in [0.25, 0.3) is 11.0 Å². The van der Waals surface area contributed by atoms with Crippen molar-refractivity contribution in [3.8, 4) is 0 Å². The van der Waals surface area contributed by atoms with Gasteiger partial charge in [-0.25, -0.2) is 4.98 Å². The molecule has 1 atom stereocenters. The molecule has 0 bridgehead atoms. The maximum atomic E-state index is 13.3. The second kappa shape index (κ2) is 9.33. The van der Waals surface area contributed by atoms with E-state index in [-0.39, 0.29) is 30.5 Å². The molecular formula is C28H32N4O4. The van der Waals surface area contributed by atoms with Gasteiger partial charge in [0.1, 0.15) is 6.54 Å². The molecule has 1 unspecified atom stereocenters. The number of amides is 2. The van der Waals surface area contributed by atoms with Crippen LogP contribution in [-0.4, -0.2) is 56.6 Å². The summed E-state index contributed by atoms with van der Waals surface area (Å²) in [6, 6.07) is 15.9. The molecule has 0 radical (unpaired) electrons. The summed E-state index contributed by atoms with van der Waals surface area (Å²) in [5.41, 5.74) is 3.27. The lowest BCUT2D eigenvalue weighted by molar-refractivity contribution is -0.156. The molecule has 3 aromatic rings. The number of aliphatic hydroxyl groups excluding tert-OH is 1. The fraction of sp³-hybridized carbons (Fsp3) is 0.464. The highest BCUT2D eigenvalue weighted by atomic mass is 16.5. The third-order valence-electron chi connectivity index (χ3n) is 8.12. The number of hydrogen-bond donors (Lipinski definition) is 2. The summed E-state index contributed by atoms with van der Waals surface area (Å²) >= 11 is 0. The van der Waals surface area contributed by atoms with E-state index in [4.69, 9.17) is 4.74 Å². The SMILES string of the molecule is O=C(NC1CCC(O)CC1)C1OC2(CCN(C(=O)Cn3cnc4ccccc43)CC2)c2ccccc21. The van der Waals surface area contributed by atoms with Crippen molar-refractivity contribution in [2.75, 3.05) is 13.1 Å². The summed E-state index contributed by atoms with van der Waals surface area (Å²) in [7, 11) is 0. The number of aliphatic hydroxyl groups is 1. The molecule has 3 aliphatic rings. The van der Waals surface area contributed by atoms with Crippen LogP contribution < -0.4 is 5.32 Å². The average Bonchev–Trinajstić information content (AvgIpc) is 3.45. The van der Waals surface area contributed by atoms with Gasteiger partial charge < -0.3 is 24.6 Å². The quantitative estimate of drug-likeness (QED) is 0.589. The largest absolute Gasteiger partial charge is 0.393 e. The van der Waals surface area contributed by atoms with Crippen molar-refractivity contribution in [2.24, 2.45) is 0 Å². The molecule has 2 aliphatic heterocycles. The van der Waals surface area contributed by atoms with E-state index in [0.29, 0.717) is 25.9 Å². The van der Waals surface area contributed by atoms with Crippen LogP contribution in [0.2, 0.25) is 0 Å². The van der Waals surface area contributed by atoms with Crippen LogP contribution in [-0.2, 0) is 26.5 Å². The molecule has 1 aromatic heterocycles. The Hall–Kier alpha value is -3.23. The molecule has 2 fully saturated rings. The zero-order valence-corrected chi connectivity index (χ0v) is 20.3. The number of aromatic nitrogens is 2. The molecule has 1 aliphatic carbocycles. The first-order valence-electron chi connectivity index (χ1n) is 13.0. The van der Waals surface area contributed by atoms with Gasteiger partial charge in [0.15, 0.2) is 6.10 Å². The molecular weight excluding hydrogens is 456 g/mol. The highest BCUT2D eigenvalue weighted by Gasteiger charge is 2.49. The first-order valence-corrected chi connectivity index (χ1v) is 13.0. The van der Waals surface area contributed by atoms with Gasteiger partial charge in [-0.05, 0) is 61.8 Å². The molecule has 8 heteroatoms. The molecule has 1 saturated carbocycles. The number of benzene rings is 2. The summed E-state index contributed by atoms with van der Waals surface area (Å²) < 4.78 is 8.46. The Morgan fingerprint density at radius 1 is 1.03 bits per heavy atom. The Bertz CT molecular complexity index is 1270. The Balaban J connectivity index is 1.13. The van der Waals surface area contributed by atoms with E-state index < -0.39 is 11.7 Å². The molecule has 1 spiro atoms. The molecule has 1 saturated heterocycles. The van der Waals surface area contributed by atoms with Crippen LogP contribution in [0.4, 0.5) is 0 Å². The number of carbonyl (C=O) groups excluding carboxylic acids is 2. The maximum absolute atomic E-state index is 13.3. The number of hydrogen-bond acceptors (Lipinski definition) is 5. The van der Waals surface area contributed by atoms with E-state index in [1.807, 2.05) is 51.9 Å². The van der Waals surface area contributed by atoms with Crippen LogP contribution in [0.15, 0.2) is 54.9 Å². The van der Waals surface area contributed by atoms with E-state index in [1.165, 1.54) is 0 Å². The number of imidazole rings is 1. The zero-order chi connectivity index (χ0) is 24.7. The number of nitrogens with zero attached hydrogens (tertiary/aromatic N) is 3. The van der Waals surface area contributed by atoms with E-state index >= 15 is 0 Å². The fourth-order valence-electron chi connectivity index (χ4n) is 6.07. The minimum Gasteiger partial charge on any atom is -0.393 e. The van der Waals surface area contributed by atoms with Crippen LogP contribution in [0, 0.1) is 0 Å². The number of piperidine rings is 1. The lowest BCUT2D eigenvalue weighted by atomic mass is 9.83. The minimum absolute atomic E-state index is 0.0630. The summed E-state index contributed by atoms with van der Waals surface area (Å²) in [5, 5.41) is 12.9. The van der Waals surface area contributed by atoms with Crippen molar-refractivity contribution < 1.29 is 19.4 Å². The van der Waals surface area contributed by atoms with Crippen molar-refractivity contribution >= 4 is 22.8 Å². The number of ether oxygens (including phenoxy) is 1. The second-order valence-corrected chi connectivity index (χ2v) is 10.3. The van der Waals surface area contributed by atoms with Crippen molar-refractivity contribution in [3.05, 3.63) is 66.0 Å². The van der Waals surface area contributed by atoms with Crippen LogP contribution >= 0.6 is 0 Å². The molecule has 2 aromatic carbocycles. The average molecular weight is 489 g/mol. The van der Waals surface area contributed by atoms with Crippen LogP contribution in [0.1, 0.15) is 55.8 Å². The predicted octanol–water partition coefficient (Wildman–Crippen LogP) is 3.05. The van der Waals surface area contributed by atoms with Crippen molar-refractivity contribution in [2.45, 2.75) is 68.9 Å². The fourth-order valence-corrected chi connectivity index (χ4v) is 6.07. The molecule has 36 heavy (non-hydrogen) atoms. The van der Waals surface area contributed by atoms with E-state index in [0.717, 1.165) is 47.8 Å². The van der Waals surface area contributed by atoms with Crippen LogP contribution in [0.3, 0.4) is 0 Å². The van der Waals surface area contributed by atoms with E-state index in [9.17, 15) is 14.7 Å².